The molecule has 1 heterocycles. The van der Waals surface area contributed by atoms with E-state index in [4.69, 9.17) is 5.11 Å². The fourth-order valence-corrected chi connectivity index (χ4v) is 2.46. The van der Waals surface area contributed by atoms with Gasteiger partial charge in [0.1, 0.15) is 0 Å². The van der Waals surface area contributed by atoms with Gasteiger partial charge in [0.25, 0.3) is 0 Å². The van der Waals surface area contributed by atoms with Gasteiger partial charge in [-0.3, -0.25) is 14.9 Å². The zero-order chi connectivity index (χ0) is 16.7. The maximum Gasteiger partial charge on any atom is 0.418 e. The number of carbonyl (C=O) groups is 1. The number of nitro groups is 1. The average molecular weight is 316 g/mol. The van der Waals surface area contributed by atoms with Crippen molar-refractivity contribution in [2.45, 2.75) is 51.2 Å². The Bertz CT molecular complexity index is 581. The van der Waals surface area contributed by atoms with Crippen molar-refractivity contribution in [2.75, 3.05) is 0 Å². The lowest BCUT2D eigenvalue weighted by molar-refractivity contribution is -0.389. The number of aromatic nitrogens is 1. The van der Waals surface area contributed by atoms with Gasteiger partial charge in [0.15, 0.2) is 0 Å². The van der Waals surface area contributed by atoms with E-state index in [-0.39, 0.29) is 15.8 Å². The number of aryl methyl sites for hydroxylation is 1. The van der Waals surface area contributed by atoms with Crippen molar-refractivity contribution in [1.29, 1.82) is 0 Å². The summed E-state index contributed by atoms with van der Waals surface area (Å²) in [4.78, 5) is 32.9. The first-order chi connectivity index (χ1) is 9.67. The molecule has 0 fully saturated rings. The van der Waals surface area contributed by atoms with Gasteiger partial charge in [-0.15, -0.1) is 11.8 Å². The Morgan fingerprint density at radius 1 is 1.48 bits per heavy atom. The number of carboxylic acid groups (broad SMARTS) is 1. The van der Waals surface area contributed by atoms with Crippen LogP contribution in [0.5, 0.6) is 0 Å². The molecule has 0 bridgehead atoms. The molecule has 1 aromatic rings. The van der Waals surface area contributed by atoms with Gasteiger partial charge in [0.2, 0.25) is 0 Å². The quantitative estimate of drug-likeness (QED) is 0.520. The third kappa shape index (κ3) is 5.22. The zero-order valence-corrected chi connectivity index (χ0v) is 13.6. The highest BCUT2D eigenvalue weighted by molar-refractivity contribution is 8.00. The van der Waals surface area contributed by atoms with Crippen LogP contribution in [-0.4, -0.2) is 25.9 Å². The molecule has 0 unspecified atom stereocenters. The van der Waals surface area contributed by atoms with Gasteiger partial charge >= 0.3 is 17.3 Å². The Labute approximate surface area is 127 Å². The van der Waals surface area contributed by atoms with Gasteiger partial charge in [-0.2, -0.15) is 0 Å². The van der Waals surface area contributed by atoms with Crippen LogP contribution in [-0.2, 0) is 0 Å². The molecule has 8 heteroatoms. The Morgan fingerprint density at radius 3 is 2.29 bits per heavy atom. The molecular formula is C13H20N2O5S. The van der Waals surface area contributed by atoms with E-state index in [1.54, 1.807) is 0 Å². The van der Waals surface area contributed by atoms with Crippen LogP contribution in [0, 0.1) is 17.0 Å². The molecule has 0 saturated heterocycles. The lowest BCUT2D eigenvalue weighted by Gasteiger charge is -2.09. The van der Waals surface area contributed by atoms with Crippen molar-refractivity contribution in [1.82, 2.24) is 4.57 Å². The predicted octanol–water partition coefficient (Wildman–Crippen LogP) is 3.51. The average Bonchev–Trinajstić information content (AvgIpc) is 2.26. The second-order valence-electron chi connectivity index (χ2n) is 4.55. The molecule has 0 aliphatic heterocycles. The highest BCUT2D eigenvalue weighted by atomic mass is 32.2. The van der Waals surface area contributed by atoms with E-state index in [0.29, 0.717) is 4.57 Å². The summed E-state index contributed by atoms with van der Waals surface area (Å²) in [7, 11) is 0. The maximum absolute atomic E-state index is 11.8. The molecule has 1 N–H and O–H groups in total. The van der Waals surface area contributed by atoms with Crippen molar-refractivity contribution in [3.05, 3.63) is 32.2 Å². The Morgan fingerprint density at radius 2 is 1.95 bits per heavy atom. The fourth-order valence-electron chi connectivity index (χ4n) is 1.44. The van der Waals surface area contributed by atoms with Gasteiger partial charge in [0, 0.05) is 10.9 Å². The number of hydrogen-bond acceptors (Lipinski definition) is 5. The minimum absolute atomic E-state index is 0.0446. The van der Waals surface area contributed by atoms with Crippen LogP contribution in [0.15, 0.2) is 15.8 Å². The number of hydrogen-bond donors (Lipinski definition) is 1. The number of thioether (sulfide) groups is 1. The summed E-state index contributed by atoms with van der Waals surface area (Å²) in [5.74, 6) is 0. The second kappa shape index (κ2) is 8.46. The third-order valence-corrected chi connectivity index (χ3v) is 3.10. The van der Waals surface area contributed by atoms with E-state index in [1.165, 1.54) is 19.4 Å². The van der Waals surface area contributed by atoms with E-state index in [9.17, 15) is 19.7 Å². The van der Waals surface area contributed by atoms with E-state index < -0.39 is 22.3 Å². The van der Waals surface area contributed by atoms with Gasteiger partial charge in [-0.05, 0) is 13.0 Å². The maximum atomic E-state index is 11.8. The van der Waals surface area contributed by atoms with Crippen LogP contribution in [0.1, 0.15) is 39.8 Å². The lowest BCUT2D eigenvalue weighted by atomic mass is 10.3. The predicted molar refractivity (Wildman–Crippen MR) is 82.5 cm³/mol. The normalized spacial score (nSPS) is 10.0. The first-order valence-electron chi connectivity index (χ1n) is 6.48. The van der Waals surface area contributed by atoms with Crippen LogP contribution in [0.2, 0.25) is 0 Å². The summed E-state index contributed by atoms with van der Waals surface area (Å²) >= 11 is 1.15. The van der Waals surface area contributed by atoms with E-state index in [1.807, 2.05) is 13.8 Å². The number of rotatable bonds is 3. The van der Waals surface area contributed by atoms with E-state index in [2.05, 4.69) is 13.8 Å². The highest BCUT2D eigenvalue weighted by Gasteiger charge is 2.26. The fraction of sp³-hybridized carbons (Fsp3) is 0.538. The molecule has 0 aromatic carbocycles. The number of nitrogens with zero attached hydrogens (tertiary/aromatic N) is 2. The SMILES string of the molecule is CCC.Cc1cc(SC(C)C)c([N+](=O)[O-])c(=O)n1C(=O)O. The summed E-state index contributed by atoms with van der Waals surface area (Å²) in [6.45, 7) is 9.32. The van der Waals surface area contributed by atoms with Crippen molar-refractivity contribution in [3.8, 4) is 0 Å². The molecule has 7 nitrogen and oxygen atoms in total. The Hall–Kier alpha value is -1.83. The van der Waals surface area contributed by atoms with Gasteiger partial charge in [-0.1, -0.05) is 34.1 Å². The lowest BCUT2D eigenvalue weighted by Crippen LogP contribution is -2.30. The van der Waals surface area contributed by atoms with E-state index in [0.717, 1.165) is 11.8 Å². The first-order valence-corrected chi connectivity index (χ1v) is 7.36. The molecule has 0 atom stereocenters. The molecule has 118 valence electrons. The van der Waals surface area contributed by atoms with Gasteiger partial charge in [0.05, 0.1) is 9.82 Å². The molecule has 1 rings (SSSR count). The molecule has 21 heavy (non-hydrogen) atoms. The Balaban J connectivity index is 0.00000122. The molecule has 0 saturated carbocycles. The monoisotopic (exact) mass is 316 g/mol. The highest BCUT2D eigenvalue weighted by Crippen LogP contribution is 2.30. The zero-order valence-electron chi connectivity index (χ0n) is 12.7. The minimum atomic E-state index is -1.53. The molecular weight excluding hydrogens is 296 g/mol. The Kier molecular flexibility index (Phi) is 7.72. The summed E-state index contributed by atoms with van der Waals surface area (Å²) in [5.41, 5.74) is -1.65. The van der Waals surface area contributed by atoms with Crippen LogP contribution in [0.4, 0.5) is 10.5 Å². The third-order valence-electron chi connectivity index (χ3n) is 2.07. The summed E-state index contributed by atoms with van der Waals surface area (Å²) in [5, 5.41) is 19.8. The van der Waals surface area contributed by atoms with Crippen LogP contribution in [0.25, 0.3) is 0 Å². The van der Waals surface area contributed by atoms with Crippen LogP contribution < -0.4 is 5.56 Å². The molecule has 0 amide bonds. The molecule has 1 aromatic heterocycles. The largest absolute Gasteiger partial charge is 0.464 e. The van der Waals surface area contributed by atoms with Gasteiger partial charge in [-0.25, -0.2) is 9.36 Å². The first kappa shape index (κ1) is 19.2. The van der Waals surface area contributed by atoms with Crippen molar-refractivity contribution in [3.63, 3.8) is 0 Å². The smallest absolute Gasteiger partial charge is 0.418 e. The molecule has 0 aliphatic rings. The van der Waals surface area contributed by atoms with Crippen molar-refractivity contribution < 1.29 is 14.8 Å². The van der Waals surface area contributed by atoms with Gasteiger partial charge < -0.3 is 5.11 Å². The summed E-state index contributed by atoms with van der Waals surface area (Å²) in [6, 6.07) is 1.35. The summed E-state index contributed by atoms with van der Waals surface area (Å²) < 4.78 is 0.377. The molecule has 0 radical (unpaired) electrons. The van der Waals surface area contributed by atoms with Crippen LogP contribution in [0.3, 0.4) is 0 Å². The van der Waals surface area contributed by atoms with E-state index >= 15 is 0 Å². The minimum Gasteiger partial charge on any atom is -0.464 e. The topological polar surface area (TPSA) is 102 Å². The van der Waals surface area contributed by atoms with Crippen molar-refractivity contribution in [2.24, 2.45) is 0 Å². The second-order valence-corrected chi connectivity index (χ2v) is 6.17. The standard InChI is InChI=1S/C10H12N2O5S.C3H8/c1-5(2)18-7-4-6(3)11(10(14)15)9(13)8(7)12(16)17;1-3-2/h4-5H,1-3H3,(H,14,15);3H2,1-2H3. The summed E-state index contributed by atoms with van der Waals surface area (Å²) in [6.07, 6.45) is -0.276. The molecule has 0 spiro atoms. The van der Waals surface area contributed by atoms with Crippen LogP contribution >= 0.6 is 11.8 Å². The molecule has 0 aliphatic carbocycles. The number of pyridine rings is 1. The van der Waals surface area contributed by atoms with Crippen molar-refractivity contribution >= 4 is 23.5 Å².